The van der Waals surface area contributed by atoms with Crippen LogP contribution in [0.15, 0.2) is 53.4 Å². The molecule has 3 N–H and O–H groups in total. The van der Waals surface area contributed by atoms with Gasteiger partial charge in [-0.25, -0.2) is 4.98 Å². The topological polar surface area (TPSA) is 109 Å². The second-order valence-corrected chi connectivity index (χ2v) is 7.19. The summed E-state index contributed by atoms with van der Waals surface area (Å²) in [5.41, 5.74) is -2.09. The number of hydrogen-bond acceptors (Lipinski definition) is 5. The first kappa shape index (κ1) is 23.1. The summed E-state index contributed by atoms with van der Waals surface area (Å²) in [5, 5.41) is 15.3. The van der Waals surface area contributed by atoms with Crippen molar-refractivity contribution in [1.82, 2.24) is 14.9 Å². The molecule has 0 aliphatic carbocycles. The van der Waals surface area contributed by atoms with Gasteiger partial charge in [-0.15, -0.1) is 0 Å². The van der Waals surface area contributed by atoms with Crippen molar-refractivity contribution in [1.29, 1.82) is 0 Å². The molecule has 3 rings (SSSR count). The molecule has 1 aromatic carbocycles. The van der Waals surface area contributed by atoms with Gasteiger partial charge in [-0.2, -0.15) is 13.2 Å². The molecular formula is C21H21F3N4O4. The van der Waals surface area contributed by atoms with Gasteiger partial charge in [0.2, 0.25) is 5.60 Å². The Balaban J connectivity index is 1.69. The summed E-state index contributed by atoms with van der Waals surface area (Å²) in [5.74, 6) is -1.67. The van der Waals surface area contributed by atoms with Crippen LogP contribution in [0.3, 0.4) is 0 Å². The number of furan rings is 1. The van der Waals surface area contributed by atoms with Gasteiger partial charge < -0.3 is 24.7 Å². The molecule has 8 nitrogen and oxygen atoms in total. The molecule has 2 aromatic heterocycles. The summed E-state index contributed by atoms with van der Waals surface area (Å²) in [7, 11) is 1.34. The van der Waals surface area contributed by atoms with E-state index in [0.717, 1.165) is 10.8 Å². The van der Waals surface area contributed by atoms with Crippen LogP contribution in [0.2, 0.25) is 0 Å². The Morgan fingerprint density at radius 3 is 2.56 bits per heavy atom. The Kier molecular flexibility index (Phi) is 6.40. The minimum absolute atomic E-state index is 0.0833. The molecule has 0 radical (unpaired) electrons. The molecule has 0 aliphatic heterocycles. The van der Waals surface area contributed by atoms with Gasteiger partial charge in [0.25, 0.3) is 11.8 Å². The molecule has 1 atom stereocenters. The predicted molar refractivity (Wildman–Crippen MR) is 108 cm³/mol. The summed E-state index contributed by atoms with van der Waals surface area (Å²) in [6.45, 7) is 1.25. The van der Waals surface area contributed by atoms with E-state index in [2.05, 4.69) is 15.6 Å². The minimum Gasteiger partial charge on any atom is -0.459 e. The summed E-state index contributed by atoms with van der Waals surface area (Å²) in [6, 6.07) is 7.50. The highest BCUT2D eigenvalue weighted by Crippen LogP contribution is 2.40. The molecular weight excluding hydrogens is 429 g/mol. The van der Waals surface area contributed by atoms with Gasteiger partial charge in [0, 0.05) is 43.7 Å². The van der Waals surface area contributed by atoms with Crippen molar-refractivity contribution in [2.24, 2.45) is 7.05 Å². The van der Waals surface area contributed by atoms with Crippen LogP contribution in [0.5, 0.6) is 0 Å². The van der Waals surface area contributed by atoms with Gasteiger partial charge in [-0.05, 0) is 36.8 Å². The molecule has 32 heavy (non-hydrogen) atoms. The van der Waals surface area contributed by atoms with Crippen molar-refractivity contribution in [3.8, 4) is 0 Å². The van der Waals surface area contributed by atoms with Crippen molar-refractivity contribution in [2.45, 2.75) is 25.1 Å². The van der Waals surface area contributed by atoms with Crippen LogP contribution >= 0.6 is 0 Å². The van der Waals surface area contributed by atoms with Gasteiger partial charge in [-0.3, -0.25) is 9.59 Å². The highest BCUT2D eigenvalue weighted by atomic mass is 19.4. The number of halogens is 3. The Bertz CT molecular complexity index is 1110. The number of nitrogens with one attached hydrogen (secondary N) is 2. The molecule has 0 bridgehead atoms. The van der Waals surface area contributed by atoms with Crippen molar-refractivity contribution in [3.05, 3.63) is 71.7 Å². The molecule has 3 aromatic rings. The summed E-state index contributed by atoms with van der Waals surface area (Å²) in [4.78, 5) is 28.3. The molecule has 1 unspecified atom stereocenters. The summed E-state index contributed by atoms with van der Waals surface area (Å²) >= 11 is 0. The van der Waals surface area contributed by atoms with E-state index in [4.69, 9.17) is 4.42 Å². The van der Waals surface area contributed by atoms with Crippen LogP contribution in [0.4, 0.5) is 18.9 Å². The second kappa shape index (κ2) is 8.87. The van der Waals surface area contributed by atoms with Crippen molar-refractivity contribution < 1.29 is 32.3 Å². The van der Waals surface area contributed by atoms with Crippen molar-refractivity contribution >= 4 is 17.5 Å². The average molecular weight is 450 g/mol. The number of amides is 2. The molecule has 0 saturated heterocycles. The molecule has 0 aliphatic rings. The smallest absolute Gasteiger partial charge is 0.424 e. The number of nitrogens with zero attached hydrogens (tertiary/aromatic N) is 2. The largest absolute Gasteiger partial charge is 0.459 e. The van der Waals surface area contributed by atoms with Crippen LogP contribution in [0.25, 0.3) is 0 Å². The lowest BCUT2D eigenvalue weighted by Gasteiger charge is -2.30. The number of anilines is 1. The van der Waals surface area contributed by atoms with Gasteiger partial charge >= 0.3 is 6.18 Å². The van der Waals surface area contributed by atoms with E-state index in [1.165, 1.54) is 37.7 Å². The normalized spacial score (nSPS) is 13.4. The first-order valence-corrected chi connectivity index (χ1v) is 9.53. The Morgan fingerprint density at radius 2 is 1.97 bits per heavy atom. The number of hydrogen-bond donors (Lipinski definition) is 3. The van der Waals surface area contributed by atoms with Crippen molar-refractivity contribution in [2.75, 3.05) is 11.9 Å². The lowest BCUT2D eigenvalue weighted by molar-refractivity contribution is -0.272. The van der Waals surface area contributed by atoms with Crippen LogP contribution < -0.4 is 10.6 Å². The van der Waals surface area contributed by atoms with Gasteiger partial charge in [-0.1, -0.05) is 6.07 Å². The predicted octanol–water partition coefficient (Wildman–Crippen LogP) is 3.14. The Labute approximate surface area is 181 Å². The molecule has 2 heterocycles. The monoisotopic (exact) mass is 450 g/mol. The maximum atomic E-state index is 13.6. The van der Waals surface area contributed by atoms with Gasteiger partial charge in [0.1, 0.15) is 5.82 Å². The van der Waals surface area contributed by atoms with E-state index >= 15 is 0 Å². The number of imidazole rings is 1. The lowest BCUT2D eigenvalue weighted by atomic mass is 9.97. The van der Waals surface area contributed by atoms with E-state index < -0.39 is 42.4 Å². The van der Waals surface area contributed by atoms with Crippen LogP contribution in [-0.4, -0.2) is 39.2 Å². The van der Waals surface area contributed by atoms with Crippen LogP contribution in [0, 0.1) is 6.92 Å². The van der Waals surface area contributed by atoms with E-state index in [9.17, 15) is 27.9 Å². The Morgan fingerprint density at radius 1 is 1.22 bits per heavy atom. The number of alkyl halides is 3. The fourth-order valence-electron chi connectivity index (χ4n) is 3.09. The van der Waals surface area contributed by atoms with Crippen LogP contribution in [0.1, 0.15) is 38.7 Å². The fourth-order valence-corrected chi connectivity index (χ4v) is 3.09. The quantitative estimate of drug-likeness (QED) is 0.512. The molecule has 0 saturated carbocycles. The SMILES string of the molecule is Cc1ccc(C(=O)NCCC(O)(c2nccn2C)C(F)(F)F)cc1NC(=O)c1ccco1. The number of aliphatic hydroxyl groups is 1. The van der Waals surface area contributed by atoms with E-state index in [1.54, 1.807) is 19.1 Å². The zero-order valence-corrected chi connectivity index (χ0v) is 17.2. The highest BCUT2D eigenvalue weighted by molar-refractivity contribution is 6.03. The van der Waals surface area contributed by atoms with E-state index in [0.29, 0.717) is 11.3 Å². The number of carbonyl (C=O) groups excluding carboxylic acids is 2. The molecule has 11 heteroatoms. The van der Waals surface area contributed by atoms with Gasteiger partial charge in [0.05, 0.1) is 6.26 Å². The van der Waals surface area contributed by atoms with Crippen LogP contribution in [-0.2, 0) is 12.6 Å². The number of benzene rings is 1. The molecule has 0 fully saturated rings. The molecule has 0 spiro atoms. The first-order valence-electron chi connectivity index (χ1n) is 9.53. The first-order chi connectivity index (χ1) is 15.0. The van der Waals surface area contributed by atoms with Crippen molar-refractivity contribution in [3.63, 3.8) is 0 Å². The minimum atomic E-state index is -5.00. The highest BCUT2D eigenvalue weighted by Gasteiger charge is 2.57. The average Bonchev–Trinajstić information content (AvgIpc) is 3.40. The third kappa shape index (κ3) is 4.67. The molecule has 170 valence electrons. The Hall–Kier alpha value is -3.60. The third-order valence-corrected chi connectivity index (χ3v) is 4.93. The number of aromatic nitrogens is 2. The second-order valence-electron chi connectivity index (χ2n) is 7.19. The van der Waals surface area contributed by atoms with E-state index in [-0.39, 0.29) is 11.3 Å². The summed E-state index contributed by atoms with van der Waals surface area (Å²) in [6.07, 6.45) is -2.05. The van der Waals surface area contributed by atoms with E-state index in [1.807, 2.05) is 0 Å². The number of rotatable bonds is 7. The standard InChI is InChI=1S/C21H21F3N4O4/c1-13-5-6-14(12-15(13)27-18(30)16-4-3-11-32-16)17(29)25-8-7-20(31,21(22,23)24)19-26-9-10-28(19)2/h3-6,9-12,31H,7-8H2,1-2H3,(H,25,29)(H,27,30). The zero-order valence-electron chi connectivity index (χ0n) is 17.2. The fraction of sp³-hybridized carbons (Fsp3) is 0.286. The third-order valence-electron chi connectivity index (χ3n) is 4.93. The number of aryl methyl sites for hydroxylation is 2. The maximum Gasteiger partial charge on any atom is 0.424 e. The molecule has 2 amide bonds. The summed E-state index contributed by atoms with van der Waals surface area (Å²) < 4.78 is 46.8. The lowest BCUT2D eigenvalue weighted by Crippen LogP contribution is -2.46. The maximum absolute atomic E-state index is 13.6. The number of carbonyl (C=O) groups is 2. The zero-order chi connectivity index (χ0) is 23.5. The van der Waals surface area contributed by atoms with Gasteiger partial charge in [0.15, 0.2) is 5.76 Å².